The van der Waals surface area contributed by atoms with Crippen LogP contribution in [0.4, 0.5) is 15.8 Å². The maximum Gasteiger partial charge on any atom is 0.306 e. The molecule has 390 valence electrons. The Labute approximate surface area is 425 Å². The summed E-state index contributed by atoms with van der Waals surface area (Å²) in [5.74, 6) is -3.49. The van der Waals surface area contributed by atoms with Crippen LogP contribution in [0, 0.1) is 17.7 Å². The first-order valence-corrected chi connectivity index (χ1v) is 29.2. The maximum atomic E-state index is 16.4. The zero-order valence-corrected chi connectivity index (χ0v) is 44.5. The zero-order valence-electron chi connectivity index (χ0n) is 43.5. The second-order valence-electron chi connectivity index (χ2n) is 21.1. The summed E-state index contributed by atoms with van der Waals surface area (Å²) in [4.78, 5) is 87.7. The van der Waals surface area contributed by atoms with Gasteiger partial charge in [0.1, 0.15) is 5.82 Å². The number of rotatable bonds is 20. The third kappa shape index (κ3) is 12.5. The number of likely N-dealkylation sites (tertiary alicyclic amines) is 2. The molecule has 8 atom stereocenters. The monoisotopic (exact) mass is 1010 g/mol. The van der Waals surface area contributed by atoms with E-state index in [0.29, 0.717) is 44.5 Å². The number of benzene rings is 3. The zero-order chi connectivity index (χ0) is 51.9. The topological polar surface area (TPSA) is 152 Å². The van der Waals surface area contributed by atoms with Gasteiger partial charge in [0.25, 0.3) is 0 Å². The number of nitrogens with zero attached hydrogens (tertiary/aromatic N) is 4. The number of hydrogen-bond donors (Lipinski definition) is 0. The normalized spacial score (nSPS) is 22.6. The minimum Gasteiger partial charge on any atom is -0.469 e. The van der Waals surface area contributed by atoms with E-state index >= 15 is 4.39 Å². The van der Waals surface area contributed by atoms with E-state index in [-0.39, 0.29) is 67.0 Å². The van der Waals surface area contributed by atoms with Crippen LogP contribution in [0.15, 0.2) is 66.7 Å². The molecule has 7 rings (SSSR count). The molecule has 0 aliphatic carbocycles. The van der Waals surface area contributed by atoms with Gasteiger partial charge in [-0.2, -0.15) is 0 Å². The molecule has 0 aromatic heterocycles. The largest absolute Gasteiger partial charge is 0.469 e. The summed E-state index contributed by atoms with van der Waals surface area (Å²) in [6.45, 7) is 10.8. The van der Waals surface area contributed by atoms with Gasteiger partial charge in [0.05, 0.1) is 89.0 Å². The number of anilines is 2. The van der Waals surface area contributed by atoms with E-state index in [0.717, 1.165) is 66.0 Å². The standard InChI is InChI=1S/C56H75FN4O10Si/c1-36(68-3)43(34-53(64)70-5)55(66)59-25-9-11-49(59)51(62)31-38-13-17-40(18-14-38)46-23-24-47(61(46)42-21-22-48(45(57)33-42)58-27-29-72(7,8)30-28-58)41-19-15-39(16-20-41)32-52(63)50-12-10-26-60(50)56(67)44(37(2)69-4)35-54(65)71-6/h13-22,33,36-37,43-44,46-47,49-50H,9-12,23-32,34-35H2,1-8H3/t36-,37-,43+,44+,46-,47-,49+,50+/m1/s1. The molecule has 4 aliphatic rings. The number of amides is 2. The van der Waals surface area contributed by atoms with Crippen LogP contribution in [0.25, 0.3) is 0 Å². The molecule has 72 heavy (non-hydrogen) atoms. The van der Waals surface area contributed by atoms with E-state index in [4.69, 9.17) is 18.9 Å². The third-order valence-corrected chi connectivity index (χ3v) is 19.3. The fourth-order valence-electron chi connectivity index (χ4n) is 11.4. The molecular formula is C56H75FN4O10Si. The Morgan fingerprint density at radius 1 is 0.611 bits per heavy atom. The Hall–Kier alpha value is -5.45. The molecule has 16 heteroatoms. The molecule has 3 aromatic carbocycles. The molecule has 4 heterocycles. The molecule has 4 fully saturated rings. The van der Waals surface area contributed by atoms with Crippen LogP contribution in [-0.2, 0) is 60.6 Å². The minimum absolute atomic E-state index is 0.0617. The fraction of sp³-hybridized carbons (Fsp3) is 0.571. The van der Waals surface area contributed by atoms with Gasteiger partial charge in [0, 0.05) is 58.9 Å². The van der Waals surface area contributed by atoms with Crippen molar-refractivity contribution in [3.05, 3.63) is 94.8 Å². The molecule has 0 bridgehead atoms. The van der Waals surface area contributed by atoms with Crippen molar-refractivity contribution >= 4 is 54.8 Å². The summed E-state index contributed by atoms with van der Waals surface area (Å²) in [6.07, 6.45) is 2.98. The highest BCUT2D eigenvalue weighted by atomic mass is 28.3. The highest BCUT2D eigenvalue weighted by Gasteiger charge is 2.42. The number of halogens is 1. The van der Waals surface area contributed by atoms with Gasteiger partial charge in [0.2, 0.25) is 11.8 Å². The Bertz CT molecular complexity index is 2280. The van der Waals surface area contributed by atoms with Crippen molar-refractivity contribution in [3.8, 4) is 0 Å². The van der Waals surface area contributed by atoms with Gasteiger partial charge in [-0.3, -0.25) is 28.8 Å². The molecule has 0 radical (unpaired) electrons. The molecule has 4 aliphatic heterocycles. The van der Waals surface area contributed by atoms with Crippen LogP contribution >= 0.6 is 0 Å². The molecule has 0 saturated carbocycles. The van der Waals surface area contributed by atoms with E-state index in [1.807, 2.05) is 36.4 Å². The quantitative estimate of drug-likeness (QED) is 0.0795. The minimum atomic E-state index is -1.27. The summed E-state index contributed by atoms with van der Waals surface area (Å²) in [6, 6.07) is 22.6. The number of methoxy groups -OCH3 is 4. The molecule has 14 nitrogen and oxygen atoms in total. The van der Waals surface area contributed by atoms with E-state index < -0.39 is 56.1 Å². The van der Waals surface area contributed by atoms with Crippen molar-refractivity contribution in [2.24, 2.45) is 11.8 Å². The van der Waals surface area contributed by atoms with Crippen LogP contribution in [0.2, 0.25) is 25.2 Å². The van der Waals surface area contributed by atoms with Crippen LogP contribution < -0.4 is 9.80 Å². The molecule has 0 spiro atoms. The number of hydrogen-bond acceptors (Lipinski definition) is 12. The summed E-state index contributed by atoms with van der Waals surface area (Å²) in [7, 11) is 4.29. The average molecular weight is 1010 g/mol. The van der Waals surface area contributed by atoms with Crippen molar-refractivity contribution in [2.75, 3.05) is 64.4 Å². The van der Waals surface area contributed by atoms with Gasteiger partial charge < -0.3 is 38.5 Å². The maximum absolute atomic E-state index is 16.4. The smallest absolute Gasteiger partial charge is 0.306 e. The average Bonchev–Trinajstić information content (AvgIpc) is 4.18. The van der Waals surface area contributed by atoms with Gasteiger partial charge >= 0.3 is 11.9 Å². The summed E-state index contributed by atoms with van der Waals surface area (Å²) in [5, 5.41) is 0. The van der Waals surface area contributed by atoms with Crippen LogP contribution in [-0.4, -0.2) is 132 Å². The lowest BCUT2D eigenvalue weighted by molar-refractivity contribution is -0.151. The van der Waals surface area contributed by atoms with Crippen molar-refractivity contribution < 1.29 is 52.1 Å². The Morgan fingerprint density at radius 2 is 1.04 bits per heavy atom. The lowest BCUT2D eigenvalue weighted by atomic mass is 9.95. The summed E-state index contributed by atoms with van der Waals surface area (Å²) >= 11 is 0. The number of Topliss-reactive ketones (excluding diaryl/α,β-unsaturated/α-hetero) is 2. The SMILES string of the molecule is COC(=O)C[C@H](C(=O)N1CCC[C@H]1C(=O)Cc1ccc([C@H]2CC[C@H](c3ccc(CC(=O)[C@@H]4CCCN4C(=O)[C@@H](CC(=O)OC)[C@@H](C)OC)cc3)N2c2ccc(N3CC[Si](C)(C)CC3)c(F)c2)cc1)[C@@H](C)OC. The van der Waals surface area contributed by atoms with Crippen LogP contribution in [0.3, 0.4) is 0 Å². The predicted octanol–water partition coefficient (Wildman–Crippen LogP) is 8.07. The summed E-state index contributed by atoms with van der Waals surface area (Å²) < 4.78 is 37.1. The molecular weight excluding hydrogens is 936 g/mol. The fourth-order valence-corrected chi connectivity index (χ4v) is 13.4. The molecule has 0 unspecified atom stereocenters. The Morgan fingerprint density at radius 3 is 1.43 bits per heavy atom. The van der Waals surface area contributed by atoms with Gasteiger partial charge in [0.15, 0.2) is 11.6 Å². The molecule has 2 amide bonds. The second-order valence-corrected chi connectivity index (χ2v) is 26.4. The van der Waals surface area contributed by atoms with Gasteiger partial charge in [-0.1, -0.05) is 61.6 Å². The molecule has 4 saturated heterocycles. The van der Waals surface area contributed by atoms with Crippen molar-refractivity contribution in [1.29, 1.82) is 0 Å². The lowest BCUT2D eigenvalue weighted by Crippen LogP contribution is -2.47. The lowest BCUT2D eigenvalue weighted by Gasteiger charge is -2.38. The number of ketones is 2. The van der Waals surface area contributed by atoms with Crippen molar-refractivity contribution in [2.45, 2.75) is 140 Å². The number of carbonyl (C=O) groups is 6. The van der Waals surface area contributed by atoms with Crippen LogP contribution in [0.5, 0.6) is 0 Å². The van der Waals surface area contributed by atoms with Crippen LogP contribution in [0.1, 0.15) is 99.6 Å². The van der Waals surface area contributed by atoms with Crippen molar-refractivity contribution in [3.63, 3.8) is 0 Å². The number of carbonyl (C=O) groups excluding carboxylic acids is 6. The van der Waals surface area contributed by atoms with E-state index in [1.54, 1.807) is 29.7 Å². The first kappa shape index (κ1) is 54.3. The van der Waals surface area contributed by atoms with Crippen molar-refractivity contribution in [1.82, 2.24) is 9.80 Å². The Balaban J connectivity index is 1.09. The number of ether oxygens (including phenoxy) is 4. The number of esters is 2. The van der Waals surface area contributed by atoms with Gasteiger partial charge in [-0.05, 0) is 105 Å². The first-order chi connectivity index (χ1) is 34.5. The molecule has 3 aromatic rings. The Kier molecular flexibility index (Phi) is 18.2. The van der Waals surface area contributed by atoms with Gasteiger partial charge in [-0.25, -0.2) is 4.39 Å². The highest BCUT2D eigenvalue weighted by Crippen LogP contribution is 2.48. The molecule has 0 N–H and O–H groups in total. The van der Waals surface area contributed by atoms with E-state index in [1.165, 1.54) is 28.4 Å². The summed E-state index contributed by atoms with van der Waals surface area (Å²) in [5.41, 5.74) is 5.11. The highest BCUT2D eigenvalue weighted by molar-refractivity contribution is 6.77. The second kappa shape index (κ2) is 24.1. The third-order valence-electron chi connectivity index (χ3n) is 16.1. The van der Waals surface area contributed by atoms with Gasteiger partial charge in [-0.15, -0.1) is 0 Å². The van der Waals surface area contributed by atoms with E-state index in [2.05, 4.69) is 47.2 Å². The van der Waals surface area contributed by atoms with E-state index in [9.17, 15) is 28.8 Å². The predicted molar refractivity (Wildman–Crippen MR) is 276 cm³/mol. The first-order valence-electron chi connectivity index (χ1n) is 25.8.